The van der Waals surface area contributed by atoms with Crippen LogP contribution in [0.25, 0.3) is 10.9 Å². The average molecular weight is 232 g/mol. The molecule has 0 saturated carbocycles. The molecule has 0 unspecified atom stereocenters. The van der Waals surface area contributed by atoms with Gasteiger partial charge < -0.3 is 10.5 Å². The molecule has 0 radical (unpaired) electrons. The number of hydrogen-bond acceptors (Lipinski definition) is 4. The summed E-state index contributed by atoms with van der Waals surface area (Å²) < 4.78 is 4.58. The molecule has 2 aromatic rings. The van der Waals surface area contributed by atoms with Crippen molar-refractivity contribution in [3.8, 4) is 0 Å². The molecule has 0 atom stereocenters. The van der Waals surface area contributed by atoms with Crippen LogP contribution in [0.5, 0.6) is 0 Å². The minimum Gasteiger partial charge on any atom is -0.464 e. The Hall–Kier alpha value is -2.10. The van der Waals surface area contributed by atoms with Gasteiger partial charge >= 0.3 is 5.97 Å². The van der Waals surface area contributed by atoms with Gasteiger partial charge in [0.1, 0.15) is 5.69 Å². The van der Waals surface area contributed by atoms with Crippen LogP contribution in [0.1, 0.15) is 24.3 Å². The van der Waals surface area contributed by atoms with E-state index >= 15 is 0 Å². The zero-order chi connectivity index (χ0) is 12.8. The van der Waals surface area contributed by atoms with Gasteiger partial charge in [0.05, 0.1) is 12.6 Å². The number of aromatic nitrogens is 1. The molecule has 1 aromatic heterocycles. The van der Waals surface area contributed by atoms with E-state index in [2.05, 4.69) is 9.72 Å². The predicted octanol–water partition coefficient (Wildman–Crippen LogP) is 2.63. The fourth-order valence-corrected chi connectivity index (χ4v) is 1.35. The Bertz CT molecular complexity index is 524. The maximum Gasteiger partial charge on any atom is 0.356 e. The highest BCUT2D eigenvalue weighted by atomic mass is 16.5. The van der Waals surface area contributed by atoms with Crippen molar-refractivity contribution in [2.75, 3.05) is 12.8 Å². The summed E-state index contributed by atoms with van der Waals surface area (Å²) in [7, 11) is 1.33. The van der Waals surface area contributed by atoms with E-state index in [9.17, 15) is 4.79 Å². The van der Waals surface area contributed by atoms with Crippen LogP contribution in [0.4, 0.5) is 5.69 Å². The Kier molecular flexibility index (Phi) is 4.46. The van der Waals surface area contributed by atoms with E-state index in [1.54, 1.807) is 18.2 Å². The van der Waals surface area contributed by atoms with E-state index in [4.69, 9.17) is 5.73 Å². The largest absolute Gasteiger partial charge is 0.464 e. The van der Waals surface area contributed by atoms with Crippen LogP contribution in [0.3, 0.4) is 0 Å². The van der Waals surface area contributed by atoms with Crippen molar-refractivity contribution in [1.29, 1.82) is 0 Å². The molecule has 0 amide bonds. The monoisotopic (exact) mass is 232 g/mol. The quantitative estimate of drug-likeness (QED) is 0.606. The number of carbonyl (C=O) groups is 1. The molecule has 4 nitrogen and oxygen atoms in total. The zero-order valence-electron chi connectivity index (χ0n) is 10.2. The third kappa shape index (κ3) is 2.93. The van der Waals surface area contributed by atoms with Gasteiger partial charge in [-0.15, -0.1) is 0 Å². The van der Waals surface area contributed by atoms with Crippen molar-refractivity contribution in [2.24, 2.45) is 0 Å². The number of anilines is 1. The molecule has 0 aliphatic rings. The fraction of sp³-hybridized carbons (Fsp3) is 0.231. The number of carbonyl (C=O) groups excluding carboxylic acids is 1. The van der Waals surface area contributed by atoms with Crippen molar-refractivity contribution in [3.63, 3.8) is 0 Å². The number of nitrogen functional groups attached to an aromatic ring is 1. The highest BCUT2D eigenvalue weighted by Gasteiger charge is 2.07. The number of methoxy groups -OCH3 is 1. The lowest BCUT2D eigenvalue weighted by atomic mass is 10.2. The molecule has 1 heterocycles. The Balaban J connectivity index is 0.000000686. The number of ether oxygens (including phenoxy) is 1. The van der Waals surface area contributed by atoms with Crippen molar-refractivity contribution in [1.82, 2.24) is 4.98 Å². The van der Waals surface area contributed by atoms with Gasteiger partial charge in [0.2, 0.25) is 0 Å². The number of fused-ring (bicyclic) bond motifs is 1. The van der Waals surface area contributed by atoms with Crippen LogP contribution in [0.2, 0.25) is 0 Å². The second-order valence-corrected chi connectivity index (χ2v) is 3.14. The van der Waals surface area contributed by atoms with E-state index in [0.717, 1.165) is 5.39 Å². The van der Waals surface area contributed by atoms with Gasteiger partial charge in [-0.2, -0.15) is 0 Å². The second-order valence-electron chi connectivity index (χ2n) is 3.14. The second kappa shape index (κ2) is 5.84. The van der Waals surface area contributed by atoms with E-state index in [1.807, 2.05) is 26.0 Å². The topological polar surface area (TPSA) is 65.2 Å². The van der Waals surface area contributed by atoms with E-state index in [0.29, 0.717) is 11.2 Å². The number of rotatable bonds is 1. The molecule has 2 rings (SSSR count). The molecule has 1 aromatic carbocycles. The molecule has 2 N–H and O–H groups in total. The Morgan fingerprint density at radius 3 is 2.53 bits per heavy atom. The summed E-state index contributed by atoms with van der Waals surface area (Å²) in [4.78, 5) is 15.4. The molecular weight excluding hydrogens is 216 g/mol. The molecule has 4 heteroatoms. The minimum absolute atomic E-state index is 0.288. The first-order valence-electron chi connectivity index (χ1n) is 5.45. The number of nitrogens with two attached hydrogens (primary N) is 1. The maximum atomic E-state index is 11.2. The van der Waals surface area contributed by atoms with Gasteiger partial charge in [-0.1, -0.05) is 26.0 Å². The van der Waals surface area contributed by atoms with Crippen molar-refractivity contribution < 1.29 is 9.53 Å². The number of nitrogens with zero attached hydrogens (tertiary/aromatic N) is 1. The van der Waals surface area contributed by atoms with Crippen molar-refractivity contribution in [3.05, 3.63) is 36.0 Å². The van der Waals surface area contributed by atoms with Crippen LogP contribution < -0.4 is 5.73 Å². The van der Waals surface area contributed by atoms with Crippen LogP contribution in [0.15, 0.2) is 30.3 Å². The number of esters is 1. The van der Waals surface area contributed by atoms with Crippen molar-refractivity contribution >= 4 is 22.6 Å². The third-order valence-corrected chi connectivity index (χ3v) is 2.11. The van der Waals surface area contributed by atoms with Gasteiger partial charge in [0, 0.05) is 11.1 Å². The molecule has 0 aliphatic heterocycles. The van der Waals surface area contributed by atoms with Crippen molar-refractivity contribution in [2.45, 2.75) is 13.8 Å². The molecule has 0 fully saturated rings. The first-order valence-corrected chi connectivity index (χ1v) is 5.45. The minimum atomic E-state index is -0.445. The summed E-state index contributed by atoms with van der Waals surface area (Å²) in [6.07, 6.45) is 0. The van der Waals surface area contributed by atoms with Gasteiger partial charge in [0.25, 0.3) is 0 Å². The molecular formula is C13H16N2O2. The van der Waals surface area contributed by atoms with Crippen LogP contribution >= 0.6 is 0 Å². The average Bonchev–Trinajstić information content (AvgIpc) is 2.39. The van der Waals surface area contributed by atoms with E-state index in [1.165, 1.54) is 7.11 Å². The summed E-state index contributed by atoms with van der Waals surface area (Å²) in [5.41, 5.74) is 7.23. The Morgan fingerprint density at radius 2 is 1.88 bits per heavy atom. The summed E-state index contributed by atoms with van der Waals surface area (Å²) >= 11 is 0. The Morgan fingerprint density at radius 1 is 1.24 bits per heavy atom. The maximum absolute atomic E-state index is 11.2. The molecule has 0 aliphatic carbocycles. The molecule has 17 heavy (non-hydrogen) atoms. The number of pyridine rings is 1. The SMILES string of the molecule is CC.COC(=O)c1ccc2ccc(N)cc2n1. The fourth-order valence-electron chi connectivity index (χ4n) is 1.35. The Labute approximate surface area is 100 Å². The van der Waals surface area contributed by atoms with E-state index < -0.39 is 5.97 Å². The van der Waals surface area contributed by atoms with Crippen LogP contribution in [0, 0.1) is 0 Å². The van der Waals surface area contributed by atoms with Crippen LogP contribution in [-0.2, 0) is 4.74 Å². The highest BCUT2D eigenvalue weighted by Crippen LogP contribution is 2.16. The first kappa shape index (κ1) is 13.0. The zero-order valence-corrected chi connectivity index (χ0v) is 10.2. The lowest BCUT2D eigenvalue weighted by Crippen LogP contribution is -2.03. The summed E-state index contributed by atoms with van der Waals surface area (Å²) in [5, 5.41) is 0.942. The summed E-state index contributed by atoms with van der Waals surface area (Å²) in [6.45, 7) is 4.00. The first-order chi connectivity index (χ1) is 8.20. The van der Waals surface area contributed by atoms with Gasteiger partial charge in [-0.25, -0.2) is 9.78 Å². The smallest absolute Gasteiger partial charge is 0.356 e. The predicted molar refractivity (Wildman–Crippen MR) is 68.8 cm³/mol. The lowest BCUT2D eigenvalue weighted by Gasteiger charge is -2.01. The molecule has 0 bridgehead atoms. The number of hydrogen-bond donors (Lipinski definition) is 1. The molecule has 0 saturated heterocycles. The highest BCUT2D eigenvalue weighted by molar-refractivity contribution is 5.91. The van der Waals surface area contributed by atoms with Crippen LogP contribution in [-0.4, -0.2) is 18.1 Å². The van der Waals surface area contributed by atoms with Gasteiger partial charge in [0.15, 0.2) is 0 Å². The lowest BCUT2D eigenvalue weighted by molar-refractivity contribution is 0.0594. The number of benzene rings is 1. The normalized spacial score (nSPS) is 9.35. The molecule has 90 valence electrons. The molecule has 0 spiro atoms. The summed E-state index contributed by atoms with van der Waals surface area (Å²) in [6, 6.07) is 8.82. The van der Waals surface area contributed by atoms with E-state index in [-0.39, 0.29) is 5.69 Å². The van der Waals surface area contributed by atoms with Gasteiger partial charge in [-0.05, 0) is 18.2 Å². The summed E-state index contributed by atoms with van der Waals surface area (Å²) in [5.74, 6) is -0.445. The van der Waals surface area contributed by atoms with Gasteiger partial charge in [-0.3, -0.25) is 0 Å². The third-order valence-electron chi connectivity index (χ3n) is 2.11. The standard InChI is InChI=1S/C11H10N2O2.C2H6/c1-15-11(14)9-5-3-7-2-4-8(12)6-10(7)13-9;1-2/h2-6H,12H2,1H3;1-2H3.